The Kier molecular flexibility index (Phi) is 4.76. The highest BCUT2D eigenvalue weighted by Gasteiger charge is 2.34. The van der Waals surface area contributed by atoms with E-state index in [-0.39, 0.29) is 5.91 Å². The van der Waals surface area contributed by atoms with Crippen molar-refractivity contribution in [2.75, 3.05) is 19.7 Å². The molecule has 2 aliphatic rings. The summed E-state index contributed by atoms with van der Waals surface area (Å²) >= 11 is 0. The van der Waals surface area contributed by atoms with Gasteiger partial charge in [0, 0.05) is 6.04 Å². The number of nitrogens with one attached hydrogen (secondary N) is 2. The highest BCUT2D eigenvalue weighted by Crippen LogP contribution is 2.32. The van der Waals surface area contributed by atoms with Crippen LogP contribution in [-0.4, -0.2) is 31.6 Å². The van der Waals surface area contributed by atoms with Crippen molar-refractivity contribution in [3.8, 4) is 5.75 Å². The first kappa shape index (κ1) is 14.4. The fourth-order valence-corrected chi connectivity index (χ4v) is 3.51. The summed E-state index contributed by atoms with van der Waals surface area (Å²) in [5, 5.41) is 6.63. The van der Waals surface area contributed by atoms with Crippen LogP contribution in [-0.2, 0) is 4.79 Å². The van der Waals surface area contributed by atoms with Crippen molar-refractivity contribution in [3.05, 3.63) is 30.3 Å². The molecule has 4 heteroatoms. The second-order valence-electron chi connectivity index (χ2n) is 6.17. The maximum absolute atomic E-state index is 12.0. The van der Waals surface area contributed by atoms with E-state index in [9.17, 15) is 4.79 Å². The van der Waals surface area contributed by atoms with Gasteiger partial charge in [-0.05, 0) is 56.3 Å². The molecule has 4 nitrogen and oxygen atoms in total. The molecular formula is C17H24N2O2. The molecule has 1 unspecified atom stereocenters. The summed E-state index contributed by atoms with van der Waals surface area (Å²) in [6, 6.07) is 10.00. The standard InChI is InChI=1S/C17H24N2O2/c20-17(8-9-21-16-4-2-1-3-5-16)19-15-7-6-13-11-18-12-14(13)10-15/h1-5,13-15,18H,6-12H2,(H,19,20)/t13-,14+,15?/m0/s1. The molecule has 1 aromatic rings. The van der Waals surface area contributed by atoms with E-state index in [4.69, 9.17) is 4.74 Å². The molecule has 1 aromatic carbocycles. The van der Waals surface area contributed by atoms with Crippen LogP contribution >= 0.6 is 0 Å². The van der Waals surface area contributed by atoms with Crippen LogP contribution in [0.3, 0.4) is 0 Å². The third-order valence-electron chi connectivity index (χ3n) is 4.66. The van der Waals surface area contributed by atoms with Gasteiger partial charge in [0.05, 0.1) is 13.0 Å². The van der Waals surface area contributed by atoms with Crippen molar-refractivity contribution in [1.29, 1.82) is 0 Å². The average molecular weight is 288 g/mol. The van der Waals surface area contributed by atoms with Crippen molar-refractivity contribution in [1.82, 2.24) is 10.6 Å². The summed E-state index contributed by atoms with van der Waals surface area (Å²) < 4.78 is 5.56. The lowest BCUT2D eigenvalue weighted by Gasteiger charge is -2.31. The predicted octanol–water partition coefficient (Wildman–Crippen LogP) is 1.96. The monoisotopic (exact) mass is 288 g/mol. The second-order valence-corrected chi connectivity index (χ2v) is 6.17. The van der Waals surface area contributed by atoms with Crippen LogP contribution in [0.5, 0.6) is 5.75 Å². The molecule has 0 bridgehead atoms. The molecule has 0 spiro atoms. The number of hydrogen-bond acceptors (Lipinski definition) is 3. The van der Waals surface area contributed by atoms with Crippen molar-refractivity contribution in [3.63, 3.8) is 0 Å². The molecule has 1 heterocycles. The number of para-hydroxylation sites is 1. The molecule has 3 rings (SSSR count). The fraction of sp³-hybridized carbons (Fsp3) is 0.588. The summed E-state index contributed by atoms with van der Waals surface area (Å²) in [4.78, 5) is 12.0. The number of benzene rings is 1. The summed E-state index contributed by atoms with van der Waals surface area (Å²) in [7, 11) is 0. The molecule has 1 aliphatic carbocycles. The maximum Gasteiger partial charge on any atom is 0.223 e. The van der Waals surface area contributed by atoms with Gasteiger partial charge >= 0.3 is 0 Å². The minimum absolute atomic E-state index is 0.111. The Bertz CT molecular complexity index is 463. The largest absolute Gasteiger partial charge is 0.493 e. The molecule has 1 aliphatic heterocycles. The third kappa shape index (κ3) is 3.97. The fourth-order valence-electron chi connectivity index (χ4n) is 3.51. The lowest BCUT2D eigenvalue weighted by Crippen LogP contribution is -2.41. The summed E-state index contributed by atoms with van der Waals surface area (Å²) in [6.07, 6.45) is 3.91. The van der Waals surface area contributed by atoms with Crippen molar-refractivity contribution in [2.45, 2.75) is 31.7 Å². The molecule has 1 saturated heterocycles. The van der Waals surface area contributed by atoms with Crippen LogP contribution in [0.4, 0.5) is 0 Å². The van der Waals surface area contributed by atoms with Gasteiger partial charge in [0.15, 0.2) is 0 Å². The maximum atomic E-state index is 12.0. The Morgan fingerprint density at radius 3 is 2.86 bits per heavy atom. The lowest BCUT2D eigenvalue weighted by atomic mass is 9.79. The number of ether oxygens (including phenoxy) is 1. The third-order valence-corrected chi connectivity index (χ3v) is 4.66. The minimum atomic E-state index is 0.111. The van der Waals surface area contributed by atoms with Crippen LogP contribution < -0.4 is 15.4 Å². The molecular weight excluding hydrogens is 264 g/mol. The molecule has 0 aromatic heterocycles. The van der Waals surface area contributed by atoms with E-state index in [0.29, 0.717) is 19.1 Å². The van der Waals surface area contributed by atoms with Gasteiger partial charge < -0.3 is 15.4 Å². The number of carbonyl (C=O) groups is 1. The summed E-state index contributed by atoms with van der Waals surface area (Å²) in [6.45, 7) is 2.72. The highest BCUT2D eigenvalue weighted by atomic mass is 16.5. The van der Waals surface area contributed by atoms with Crippen molar-refractivity contribution < 1.29 is 9.53 Å². The predicted molar refractivity (Wildman–Crippen MR) is 82.2 cm³/mol. The van der Waals surface area contributed by atoms with E-state index in [1.54, 1.807) is 0 Å². The smallest absolute Gasteiger partial charge is 0.223 e. The molecule has 114 valence electrons. The van der Waals surface area contributed by atoms with Gasteiger partial charge in [-0.15, -0.1) is 0 Å². The number of rotatable bonds is 5. The van der Waals surface area contributed by atoms with Crippen molar-refractivity contribution >= 4 is 5.91 Å². The van der Waals surface area contributed by atoms with E-state index >= 15 is 0 Å². The average Bonchev–Trinajstić information content (AvgIpc) is 2.96. The van der Waals surface area contributed by atoms with E-state index in [1.165, 1.54) is 6.42 Å². The Balaban J connectivity index is 1.36. The van der Waals surface area contributed by atoms with Crippen LogP contribution in [0.15, 0.2) is 30.3 Å². The normalized spacial score (nSPS) is 27.9. The topological polar surface area (TPSA) is 50.4 Å². The quantitative estimate of drug-likeness (QED) is 0.871. The van der Waals surface area contributed by atoms with Gasteiger partial charge in [0.25, 0.3) is 0 Å². The number of carbonyl (C=O) groups excluding carboxylic acids is 1. The van der Waals surface area contributed by atoms with Crippen LogP contribution in [0.2, 0.25) is 0 Å². The molecule has 3 atom stereocenters. The zero-order chi connectivity index (χ0) is 14.5. The van der Waals surface area contributed by atoms with Gasteiger partial charge in [-0.25, -0.2) is 0 Å². The Morgan fingerprint density at radius 2 is 2.00 bits per heavy atom. The van der Waals surface area contributed by atoms with E-state index in [1.807, 2.05) is 30.3 Å². The Morgan fingerprint density at radius 1 is 1.19 bits per heavy atom. The first-order valence-electron chi connectivity index (χ1n) is 7.99. The number of hydrogen-bond donors (Lipinski definition) is 2. The van der Waals surface area contributed by atoms with Crippen molar-refractivity contribution in [2.24, 2.45) is 11.8 Å². The molecule has 2 fully saturated rings. The Hall–Kier alpha value is -1.55. The van der Waals surface area contributed by atoms with Gasteiger partial charge in [-0.2, -0.15) is 0 Å². The summed E-state index contributed by atoms with van der Waals surface area (Å²) in [5.74, 6) is 2.52. The first-order chi connectivity index (χ1) is 10.3. The molecule has 1 amide bonds. The molecule has 2 N–H and O–H groups in total. The van der Waals surface area contributed by atoms with E-state index < -0.39 is 0 Å². The van der Waals surface area contributed by atoms with Gasteiger partial charge in [-0.1, -0.05) is 18.2 Å². The molecule has 0 radical (unpaired) electrons. The SMILES string of the molecule is O=C(CCOc1ccccc1)NC1CC[C@H]2CNC[C@H]2C1. The zero-order valence-electron chi connectivity index (χ0n) is 12.4. The van der Waals surface area contributed by atoms with Gasteiger partial charge in [0.1, 0.15) is 5.75 Å². The van der Waals surface area contributed by atoms with Gasteiger partial charge in [0.2, 0.25) is 5.91 Å². The Labute approximate surface area is 126 Å². The summed E-state index contributed by atoms with van der Waals surface area (Å²) in [5.41, 5.74) is 0. The number of amides is 1. The minimum Gasteiger partial charge on any atom is -0.493 e. The lowest BCUT2D eigenvalue weighted by molar-refractivity contribution is -0.122. The molecule has 21 heavy (non-hydrogen) atoms. The van der Waals surface area contributed by atoms with Crippen LogP contribution in [0.1, 0.15) is 25.7 Å². The first-order valence-corrected chi connectivity index (χ1v) is 7.99. The van der Waals surface area contributed by atoms with Crippen LogP contribution in [0, 0.1) is 11.8 Å². The molecule has 1 saturated carbocycles. The van der Waals surface area contributed by atoms with Gasteiger partial charge in [-0.3, -0.25) is 4.79 Å². The zero-order valence-corrected chi connectivity index (χ0v) is 12.4. The second kappa shape index (κ2) is 6.94. The van der Waals surface area contributed by atoms with Crippen LogP contribution in [0.25, 0.3) is 0 Å². The van der Waals surface area contributed by atoms with E-state index in [2.05, 4.69) is 10.6 Å². The van der Waals surface area contributed by atoms with E-state index in [0.717, 1.165) is 43.5 Å². The number of fused-ring (bicyclic) bond motifs is 1. The highest BCUT2D eigenvalue weighted by molar-refractivity contribution is 5.76.